The molecule has 18 heavy (non-hydrogen) atoms. The Bertz CT molecular complexity index is 614. The molecule has 8 heteroatoms. The van der Waals surface area contributed by atoms with Crippen LogP contribution >= 0.6 is 0 Å². The zero-order chi connectivity index (χ0) is 13.8. The van der Waals surface area contributed by atoms with Crippen LogP contribution in [-0.4, -0.2) is 25.8 Å². The number of halogens is 1. The predicted molar refractivity (Wildman–Crippen MR) is 60.8 cm³/mol. The van der Waals surface area contributed by atoms with E-state index in [4.69, 9.17) is 16.3 Å². The maximum Gasteiger partial charge on any atom is 0.247 e. The van der Waals surface area contributed by atoms with Crippen LogP contribution in [-0.2, 0) is 10.0 Å². The van der Waals surface area contributed by atoms with E-state index in [1.165, 1.54) is 6.07 Å². The summed E-state index contributed by atoms with van der Waals surface area (Å²) in [4.78, 5) is -0.609. The van der Waals surface area contributed by atoms with Crippen LogP contribution in [0.4, 0.5) is 10.1 Å². The van der Waals surface area contributed by atoms with Crippen LogP contribution in [0.25, 0.3) is 0 Å². The van der Waals surface area contributed by atoms with E-state index in [1.54, 1.807) is 12.1 Å². The molecule has 0 aliphatic rings. The molecule has 0 amide bonds. The number of rotatable bonds is 4. The second-order valence-electron chi connectivity index (χ2n) is 3.28. The first-order valence-electron chi connectivity index (χ1n) is 4.72. The van der Waals surface area contributed by atoms with Crippen LogP contribution in [0, 0.1) is 28.5 Å². The largest absolute Gasteiger partial charge is 0.399 e. The molecule has 1 aromatic carbocycles. The average molecular weight is 268 g/mol. The molecule has 0 bridgehead atoms. The number of hydrogen-bond acceptors (Lipinski definition) is 5. The summed E-state index contributed by atoms with van der Waals surface area (Å²) in [6.45, 7) is -1.06. The van der Waals surface area contributed by atoms with Crippen molar-refractivity contribution in [1.82, 2.24) is 4.31 Å². The Kier molecular flexibility index (Phi) is 4.21. The lowest BCUT2D eigenvalue weighted by molar-refractivity contribution is 0.471. The fourth-order valence-electron chi connectivity index (χ4n) is 1.25. The summed E-state index contributed by atoms with van der Waals surface area (Å²) in [6.07, 6.45) is 0. The molecule has 2 N–H and O–H groups in total. The Hall–Kier alpha value is -2.16. The number of nitriles is 2. The highest BCUT2D eigenvalue weighted by atomic mass is 32.2. The molecule has 0 saturated carbocycles. The van der Waals surface area contributed by atoms with Crippen molar-refractivity contribution in [3.05, 3.63) is 24.0 Å². The van der Waals surface area contributed by atoms with Crippen molar-refractivity contribution in [3.8, 4) is 12.1 Å². The SMILES string of the molecule is N#CCN(CC#N)S(=O)(=O)c1ccc(N)cc1F. The van der Waals surface area contributed by atoms with Gasteiger partial charge in [0.2, 0.25) is 10.0 Å². The van der Waals surface area contributed by atoms with Crippen LogP contribution < -0.4 is 5.73 Å². The maximum atomic E-state index is 13.5. The van der Waals surface area contributed by atoms with Gasteiger partial charge in [0.15, 0.2) is 0 Å². The van der Waals surface area contributed by atoms with Gasteiger partial charge >= 0.3 is 0 Å². The van der Waals surface area contributed by atoms with E-state index in [1.807, 2.05) is 0 Å². The van der Waals surface area contributed by atoms with Crippen molar-refractivity contribution in [2.75, 3.05) is 18.8 Å². The summed E-state index contributed by atoms with van der Waals surface area (Å²) in [5.41, 5.74) is 5.39. The molecule has 0 aliphatic carbocycles. The van der Waals surface area contributed by atoms with E-state index < -0.39 is 33.8 Å². The van der Waals surface area contributed by atoms with Crippen molar-refractivity contribution < 1.29 is 12.8 Å². The van der Waals surface area contributed by atoms with Crippen LogP contribution in [0.1, 0.15) is 0 Å². The zero-order valence-electron chi connectivity index (χ0n) is 9.17. The lowest BCUT2D eigenvalue weighted by Gasteiger charge is -2.16. The number of hydrogen-bond donors (Lipinski definition) is 1. The van der Waals surface area contributed by atoms with Gasteiger partial charge in [0, 0.05) is 5.69 Å². The standard InChI is InChI=1S/C10H9FN4O2S/c11-9-7-8(14)1-2-10(9)18(16,17)15(5-3-12)6-4-13/h1-2,7H,5-6,14H2. The monoisotopic (exact) mass is 268 g/mol. The van der Waals surface area contributed by atoms with Gasteiger partial charge in [0.05, 0.1) is 12.1 Å². The molecule has 1 rings (SSSR count). The van der Waals surface area contributed by atoms with Crippen molar-refractivity contribution in [3.63, 3.8) is 0 Å². The second-order valence-corrected chi connectivity index (χ2v) is 5.19. The third-order valence-electron chi connectivity index (χ3n) is 2.07. The fourth-order valence-corrected chi connectivity index (χ4v) is 2.53. The Morgan fingerprint density at radius 1 is 1.28 bits per heavy atom. The van der Waals surface area contributed by atoms with Gasteiger partial charge in [0.25, 0.3) is 0 Å². The topological polar surface area (TPSA) is 111 Å². The van der Waals surface area contributed by atoms with Crippen LogP contribution in [0.5, 0.6) is 0 Å². The van der Waals surface area contributed by atoms with Gasteiger partial charge in [-0.05, 0) is 18.2 Å². The van der Waals surface area contributed by atoms with Crippen LogP contribution in [0.3, 0.4) is 0 Å². The normalized spacial score (nSPS) is 10.9. The fraction of sp³-hybridized carbons (Fsp3) is 0.200. The minimum absolute atomic E-state index is 0.0820. The smallest absolute Gasteiger partial charge is 0.247 e. The van der Waals surface area contributed by atoms with Gasteiger partial charge in [-0.3, -0.25) is 0 Å². The summed E-state index contributed by atoms with van der Waals surface area (Å²) in [7, 11) is -4.22. The van der Waals surface area contributed by atoms with Crippen molar-refractivity contribution in [1.29, 1.82) is 10.5 Å². The van der Waals surface area contributed by atoms with Gasteiger partial charge < -0.3 is 5.73 Å². The molecule has 0 heterocycles. The highest BCUT2D eigenvalue weighted by molar-refractivity contribution is 7.89. The molecule has 0 radical (unpaired) electrons. The predicted octanol–water partition coefficient (Wildman–Crippen LogP) is 0.446. The Morgan fingerprint density at radius 2 is 1.83 bits per heavy atom. The summed E-state index contributed by atoms with van der Waals surface area (Å²) in [5, 5.41) is 17.0. The first-order valence-corrected chi connectivity index (χ1v) is 6.16. The van der Waals surface area contributed by atoms with E-state index in [-0.39, 0.29) is 5.69 Å². The molecule has 0 saturated heterocycles. The summed E-state index contributed by atoms with van der Waals surface area (Å²) >= 11 is 0. The van der Waals surface area contributed by atoms with Gasteiger partial charge in [-0.1, -0.05) is 0 Å². The summed E-state index contributed by atoms with van der Waals surface area (Å²) < 4.78 is 38.1. The third kappa shape index (κ3) is 2.74. The molecule has 94 valence electrons. The van der Waals surface area contributed by atoms with Gasteiger partial charge in [-0.25, -0.2) is 12.8 Å². The molecule has 0 aliphatic heterocycles. The van der Waals surface area contributed by atoms with Crippen LogP contribution in [0.15, 0.2) is 23.1 Å². The van der Waals surface area contributed by atoms with Crippen molar-refractivity contribution in [2.24, 2.45) is 0 Å². The second kappa shape index (κ2) is 5.45. The molecule has 0 unspecified atom stereocenters. The lowest BCUT2D eigenvalue weighted by atomic mass is 10.3. The van der Waals surface area contributed by atoms with Gasteiger partial charge in [0.1, 0.15) is 23.8 Å². The summed E-state index contributed by atoms with van der Waals surface area (Å²) in [6, 6.07) is 6.31. The first kappa shape index (κ1) is 13.9. The van der Waals surface area contributed by atoms with Crippen molar-refractivity contribution in [2.45, 2.75) is 4.90 Å². The third-order valence-corrected chi connectivity index (χ3v) is 3.89. The van der Waals surface area contributed by atoms with Gasteiger partial charge in [-0.15, -0.1) is 0 Å². The Labute approximate surface area is 104 Å². The van der Waals surface area contributed by atoms with Crippen LogP contribution in [0.2, 0.25) is 0 Å². The number of nitrogens with zero attached hydrogens (tertiary/aromatic N) is 3. The van der Waals surface area contributed by atoms with E-state index >= 15 is 0 Å². The molecule has 6 nitrogen and oxygen atoms in total. The molecular weight excluding hydrogens is 259 g/mol. The number of nitrogens with two attached hydrogens (primary N) is 1. The number of anilines is 1. The zero-order valence-corrected chi connectivity index (χ0v) is 9.98. The molecule has 0 fully saturated rings. The average Bonchev–Trinajstić information content (AvgIpc) is 2.28. The van der Waals surface area contributed by atoms with Crippen molar-refractivity contribution >= 4 is 15.7 Å². The summed E-state index contributed by atoms with van der Waals surface area (Å²) in [5.74, 6) is -1.02. The Balaban J connectivity index is 3.28. The minimum Gasteiger partial charge on any atom is -0.399 e. The maximum absolute atomic E-state index is 13.5. The first-order chi connectivity index (χ1) is 8.43. The highest BCUT2D eigenvalue weighted by Crippen LogP contribution is 2.20. The molecule has 1 aromatic rings. The molecule has 0 aromatic heterocycles. The van der Waals surface area contributed by atoms with E-state index in [2.05, 4.69) is 0 Å². The quantitative estimate of drug-likeness (QED) is 0.629. The molecule has 0 atom stereocenters. The van der Waals surface area contributed by atoms with E-state index in [0.717, 1.165) is 12.1 Å². The Morgan fingerprint density at radius 3 is 2.28 bits per heavy atom. The molecular formula is C10H9FN4O2S. The highest BCUT2D eigenvalue weighted by Gasteiger charge is 2.27. The lowest BCUT2D eigenvalue weighted by Crippen LogP contribution is -2.32. The van der Waals surface area contributed by atoms with Gasteiger partial charge in [-0.2, -0.15) is 14.8 Å². The number of benzene rings is 1. The van der Waals surface area contributed by atoms with E-state index in [0.29, 0.717) is 4.31 Å². The minimum atomic E-state index is -4.22. The van der Waals surface area contributed by atoms with E-state index in [9.17, 15) is 12.8 Å². The molecule has 0 spiro atoms. The number of sulfonamides is 1. The number of nitrogen functional groups attached to an aromatic ring is 1.